The number of nitrogens with zero attached hydrogens (tertiary/aromatic N) is 3. The maximum absolute atomic E-state index is 14.3. The predicted octanol–water partition coefficient (Wildman–Crippen LogP) is 5.80. The van der Waals surface area contributed by atoms with Crippen LogP contribution >= 0.6 is 34.8 Å². The van der Waals surface area contributed by atoms with Gasteiger partial charge in [0, 0.05) is 30.8 Å². The first-order valence-electron chi connectivity index (χ1n) is 10.9. The van der Waals surface area contributed by atoms with Gasteiger partial charge in [0.15, 0.2) is 5.69 Å². The smallest absolute Gasteiger partial charge is 0.372 e. The molecule has 204 valence electrons. The number of benzene rings is 1. The molecular formula is C22H21Cl3F6N4O2. The Balaban J connectivity index is 0.000000678. The molecule has 0 radical (unpaired) electrons. The van der Waals surface area contributed by atoms with E-state index in [0.29, 0.717) is 10.8 Å². The number of anilines is 1. The molecule has 1 aromatic carbocycles. The number of alkyl halides is 6. The van der Waals surface area contributed by atoms with Crippen LogP contribution in [0.1, 0.15) is 36.1 Å². The highest BCUT2D eigenvalue weighted by molar-refractivity contribution is 6.48. The van der Waals surface area contributed by atoms with Gasteiger partial charge in [-0.2, -0.15) is 26.3 Å². The van der Waals surface area contributed by atoms with Crippen molar-refractivity contribution in [3.8, 4) is 0 Å². The second-order valence-corrected chi connectivity index (χ2v) is 9.78. The molecule has 0 bridgehead atoms. The summed E-state index contributed by atoms with van der Waals surface area (Å²) in [6.07, 6.45) is -8.81. The minimum Gasteiger partial charge on any atom is -0.372 e. The topological polar surface area (TPSA) is 78.3 Å². The van der Waals surface area contributed by atoms with E-state index in [1.807, 2.05) is 0 Å². The molecule has 4 rings (SSSR count). The molecule has 2 fully saturated rings. The Kier molecular flexibility index (Phi) is 8.90. The maximum Gasteiger partial charge on any atom is 0.433 e. The Hall–Kier alpha value is -1.86. The minimum absolute atomic E-state index is 0.169. The number of aliphatic hydroxyl groups is 1. The molecule has 2 unspecified atom stereocenters. The number of aliphatic hydroxyl groups excluding tert-OH is 1. The number of hydrogen-bond donors (Lipinski definition) is 2. The summed E-state index contributed by atoms with van der Waals surface area (Å²) in [6, 6.07) is 1.85. The van der Waals surface area contributed by atoms with E-state index in [9.17, 15) is 36.2 Å². The third-order valence-corrected chi connectivity index (χ3v) is 7.24. The van der Waals surface area contributed by atoms with E-state index in [0.717, 1.165) is 37.5 Å². The lowest BCUT2D eigenvalue weighted by Crippen LogP contribution is -2.52. The Labute approximate surface area is 222 Å². The third-order valence-electron chi connectivity index (χ3n) is 6.05. The van der Waals surface area contributed by atoms with Crippen molar-refractivity contribution in [3.05, 3.63) is 50.2 Å². The molecule has 2 aliphatic rings. The van der Waals surface area contributed by atoms with E-state index in [2.05, 4.69) is 15.3 Å². The largest absolute Gasteiger partial charge is 0.433 e. The lowest BCUT2D eigenvalue weighted by Gasteiger charge is -2.37. The van der Waals surface area contributed by atoms with E-state index < -0.39 is 54.2 Å². The van der Waals surface area contributed by atoms with Crippen molar-refractivity contribution in [1.29, 1.82) is 0 Å². The minimum atomic E-state index is -5.03. The average Bonchev–Trinajstić information content (AvgIpc) is 3.58. The van der Waals surface area contributed by atoms with Crippen LogP contribution < -0.4 is 10.2 Å². The van der Waals surface area contributed by atoms with Crippen molar-refractivity contribution in [2.75, 3.05) is 18.5 Å². The van der Waals surface area contributed by atoms with Crippen LogP contribution in [-0.2, 0) is 22.9 Å². The number of aromatic nitrogens is 2. The highest BCUT2D eigenvalue weighted by Crippen LogP contribution is 2.53. The van der Waals surface area contributed by atoms with E-state index >= 15 is 0 Å². The zero-order chi connectivity index (χ0) is 27.8. The van der Waals surface area contributed by atoms with E-state index in [1.165, 1.54) is 7.05 Å². The van der Waals surface area contributed by atoms with Crippen LogP contribution in [0.4, 0.5) is 32.3 Å². The molecule has 1 aliphatic heterocycles. The van der Waals surface area contributed by atoms with Gasteiger partial charge in [0.2, 0.25) is 5.95 Å². The first-order valence-corrected chi connectivity index (χ1v) is 12.0. The molecule has 15 heteroatoms. The van der Waals surface area contributed by atoms with Gasteiger partial charge in [0.1, 0.15) is 17.9 Å². The molecule has 1 aliphatic carbocycles. The van der Waals surface area contributed by atoms with Gasteiger partial charge in [-0.1, -0.05) is 34.8 Å². The molecule has 2 atom stereocenters. The predicted molar refractivity (Wildman–Crippen MR) is 126 cm³/mol. The number of hydrogen-bond acceptors (Lipinski definition) is 6. The standard InChI is InChI=1S/C18H15Cl3F6N4O.C4H6O/c1-28-6-8-7-29-15(30-13(8)17(22,23)24)31-3-2-16(14(31)32,18(25,26)27)9-4-10(19)12(21)11(20)5-9;5-3-4-1-2-4/h4-5,7,14,28,32H,2-3,6H2,1H3;3-4H,1-2H2. The highest BCUT2D eigenvalue weighted by atomic mass is 35.5. The molecule has 2 heterocycles. The van der Waals surface area contributed by atoms with Gasteiger partial charge in [-0.05, 0) is 44.0 Å². The molecule has 6 nitrogen and oxygen atoms in total. The Morgan fingerprint density at radius 3 is 2.19 bits per heavy atom. The molecule has 1 saturated heterocycles. The van der Waals surface area contributed by atoms with Crippen LogP contribution in [0.15, 0.2) is 18.3 Å². The van der Waals surface area contributed by atoms with Gasteiger partial charge in [-0.25, -0.2) is 9.97 Å². The van der Waals surface area contributed by atoms with E-state index in [-0.39, 0.29) is 27.2 Å². The quantitative estimate of drug-likeness (QED) is 0.259. The average molecular weight is 594 g/mol. The maximum atomic E-state index is 14.3. The number of halogens is 9. The molecule has 0 spiro atoms. The summed E-state index contributed by atoms with van der Waals surface area (Å²) in [6.45, 7) is -0.701. The normalized spacial score (nSPS) is 22.0. The molecule has 1 aromatic heterocycles. The summed E-state index contributed by atoms with van der Waals surface area (Å²) in [5.41, 5.74) is -5.01. The fourth-order valence-electron chi connectivity index (χ4n) is 3.92. The summed E-state index contributed by atoms with van der Waals surface area (Å²) in [5.74, 6) is -0.239. The van der Waals surface area contributed by atoms with Crippen molar-refractivity contribution in [3.63, 3.8) is 0 Å². The Morgan fingerprint density at radius 2 is 1.76 bits per heavy atom. The van der Waals surface area contributed by atoms with Crippen LogP contribution in [0.3, 0.4) is 0 Å². The summed E-state index contributed by atoms with van der Waals surface area (Å²) < 4.78 is 83.3. The van der Waals surface area contributed by atoms with Gasteiger partial charge < -0.3 is 20.1 Å². The molecule has 2 aromatic rings. The monoisotopic (exact) mass is 592 g/mol. The first kappa shape index (κ1) is 29.7. The zero-order valence-corrected chi connectivity index (χ0v) is 21.4. The number of rotatable bonds is 5. The van der Waals surface area contributed by atoms with Crippen LogP contribution in [0, 0.1) is 5.92 Å². The van der Waals surface area contributed by atoms with Crippen LogP contribution in [-0.4, -0.2) is 47.4 Å². The Morgan fingerprint density at radius 1 is 1.16 bits per heavy atom. The van der Waals surface area contributed by atoms with Gasteiger partial charge in [-0.15, -0.1) is 0 Å². The number of nitrogens with one attached hydrogen (secondary N) is 1. The lowest BCUT2D eigenvalue weighted by atomic mass is 9.77. The number of carbonyl (C=O) groups excluding carboxylic acids is 1. The first-order chi connectivity index (χ1) is 17.2. The van der Waals surface area contributed by atoms with Crippen LogP contribution in [0.25, 0.3) is 0 Å². The van der Waals surface area contributed by atoms with E-state index in [4.69, 9.17) is 34.8 Å². The van der Waals surface area contributed by atoms with Gasteiger partial charge in [-0.3, -0.25) is 0 Å². The van der Waals surface area contributed by atoms with Crippen LogP contribution in [0.2, 0.25) is 15.1 Å². The molecule has 0 amide bonds. The molecule has 1 saturated carbocycles. The van der Waals surface area contributed by atoms with Crippen molar-refractivity contribution in [1.82, 2.24) is 15.3 Å². The summed E-state index contributed by atoms with van der Waals surface area (Å²) in [4.78, 5) is 17.4. The highest BCUT2D eigenvalue weighted by Gasteiger charge is 2.65. The number of aldehydes is 1. The fraction of sp³-hybridized carbons (Fsp3) is 0.500. The third kappa shape index (κ3) is 6.08. The second kappa shape index (κ2) is 11.1. The summed E-state index contributed by atoms with van der Waals surface area (Å²) >= 11 is 17.6. The summed E-state index contributed by atoms with van der Waals surface area (Å²) in [7, 11) is 1.42. The number of carbonyl (C=O) groups is 1. The molecule has 37 heavy (non-hydrogen) atoms. The molecule has 2 N–H and O–H groups in total. The second-order valence-electron chi connectivity index (χ2n) is 8.59. The van der Waals surface area contributed by atoms with Crippen molar-refractivity contribution >= 4 is 47.0 Å². The lowest BCUT2D eigenvalue weighted by molar-refractivity contribution is -0.210. The van der Waals surface area contributed by atoms with Crippen molar-refractivity contribution in [2.24, 2.45) is 5.92 Å². The molecular weight excluding hydrogens is 573 g/mol. The van der Waals surface area contributed by atoms with Gasteiger partial charge in [0.05, 0.1) is 15.1 Å². The van der Waals surface area contributed by atoms with Gasteiger partial charge >= 0.3 is 12.4 Å². The zero-order valence-electron chi connectivity index (χ0n) is 19.1. The van der Waals surface area contributed by atoms with Gasteiger partial charge in [0.25, 0.3) is 0 Å². The van der Waals surface area contributed by atoms with Crippen molar-refractivity contribution in [2.45, 2.75) is 49.8 Å². The summed E-state index contributed by atoms with van der Waals surface area (Å²) in [5, 5.41) is 12.6. The van der Waals surface area contributed by atoms with Crippen molar-refractivity contribution < 1.29 is 36.2 Å². The van der Waals surface area contributed by atoms with E-state index in [1.54, 1.807) is 0 Å². The van der Waals surface area contributed by atoms with Crippen LogP contribution in [0.5, 0.6) is 0 Å². The fourth-order valence-corrected chi connectivity index (χ4v) is 4.51. The SMILES string of the molecule is CNCc1cnc(N2CCC(c3cc(Cl)c(Cl)c(Cl)c3)(C(F)(F)F)C2O)nc1C(F)(F)F.O=CC1CC1. The Bertz CT molecular complexity index is 1120.